The molecule has 0 aliphatic rings. The van der Waals surface area contributed by atoms with Gasteiger partial charge in [-0.2, -0.15) is 0 Å². The summed E-state index contributed by atoms with van der Waals surface area (Å²) in [5.41, 5.74) is 10.9. The first-order valence-electron chi connectivity index (χ1n) is 24.0. The monoisotopic (exact) mass is 871 g/mol. The topological polar surface area (TPSA) is 3.24 Å². The van der Waals surface area contributed by atoms with Crippen molar-refractivity contribution in [1.82, 2.24) is 0 Å². The average Bonchev–Trinajstić information content (AvgIpc) is 3.41. The fourth-order valence-electron chi connectivity index (χ4n) is 11.9. The number of rotatable bonds is 6. The van der Waals surface area contributed by atoms with E-state index in [1.54, 1.807) is 0 Å². The van der Waals surface area contributed by atoms with Crippen LogP contribution in [0.4, 0.5) is 17.1 Å². The van der Waals surface area contributed by atoms with E-state index in [4.69, 9.17) is 0 Å². The van der Waals surface area contributed by atoms with Gasteiger partial charge in [-0.1, -0.05) is 194 Å². The Hall–Kier alpha value is -9.04. The molecule has 15 rings (SSSR count). The van der Waals surface area contributed by atoms with Crippen molar-refractivity contribution in [3.8, 4) is 33.4 Å². The lowest BCUT2D eigenvalue weighted by atomic mass is 9.89. The van der Waals surface area contributed by atoms with Gasteiger partial charge in [0.05, 0.1) is 5.69 Å². The lowest BCUT2D eigenvalue weighted by Crippen LogP contribution is -2.11. The van der Waals surface area contributed by atoms with Crippen molar-refractivity contribution < 1.29 is 0 Å². The number of fused-ring (bicyclic) bond motifs is 3. The first-order valence-corrected chi connectivity index (χ1v) is 24.0. The Morgan fingerprint density at radius 1 is 0.203 bits per heavy atom. The molecule has 0 aromatic heterocycles. The standard InChI is InChI=1S/C68H41N/c1-2-12-42(13-3-1)61-32-33-64(63-21-9-8-20-62(61)63)69(55-38-49-28-24-45-34-53(35-46-25-29-50(39-55)67(49)65(45)46)59-22-10-16-43-14-4-6-18-57(43)59)56-40-51-30-26-47-36-54(37-48-27-31-52(41-56)68(51)66(47)48)60-23-11-17-44-15-5-7-19-58(44)60/h1-41H. The Kier molecular flexibility index (Phi) is 8.13. The van der Waals surface area contributed by atoms with Gasteiger partial charge in [0.15, 0.2) is 0 Å². The van der Waals surface area contributed by atoms with E-state index in [1.165, 1.54) is 130 Å². The van der Waals surface area contributed by atoms with Gasteiger partial charge in [-0.15, -0.1) is 0 Å². The van der Waals surface area contributed by atoms with Gasteiger partial charge in [-0.3, -0.25) is 0 Å². The second-order valence-corrected chi connectivity index (χ2v) is 18.8. The van der Waals surface area contributed by atoms with Crippen LogP contribution in [0.5, 0.6) is 0 Å². The van der Waals surface area contributed by atoms with Crippen molar-refractivity contribution in [2.45, 2.75) is 0 Å². The number of hydrogen-bond donors (Lipinski definition) is 0. The predicted octanol–water partition coefficient (Wildman–Crippen LogP) is 19.4. The number of benzene rings is 15. The van der Waals surface area contributed by atoms with Crippen LogP contribution in [-0.4, -0.2) is 0 Å². The van der Waals surface area contributed by atoms with Gasteiger partial charge in [0.25, 0.3) is 0 Å². The van der Waals surface area contributed by atoms with E-state index in [9.17, 15) is 0 Å². The van der Waals surface area contributed by atoms with E-state index in [1.807, 2.05) is 0 Å². The molecule has 318 valence electrons. The van der Waals surface area contributed by atoms with Crippen LogP contribution >= 0.6 is 0 Å². The zero-order valence-electron chi connectivity index (χ0n) is 37.6. The highest BCUT2D eigenvalue weighted by Gasteiger charge is 2.22. The van der Waals surface area contributed by atoms with Crippen molar-refractivity contribution in [2.75, 3.05) is 4.90 Å². The van der Waals surface area contributed by atoms with Gasteiger partial charge in [0.2, 0.25) is 0 Å². The third-order valence-corrected chi connectivity index (χ3v) is 15.0. The minimum atomic E-state index is 1.13. The van der Waals surface area contributed by atoms with Crippen LogP contribution in [0.2, 0.25) is 0 Å². The number of anilines is 3. The second kappa shape index (κ2) is 14.7. The molecule has 0 saturated carbocycles. The molecule has 0 aliphatic heterocycles. The summed E-state index contributed by atoms with van der Waals surface area (Å²) in [7, 11) is 0. The van der Waals surface area contributed by atoms with Gasteiger partial charge in [0, 0.05) is 16.8 Å². The van der Waals surface area contributed by atoms with Crippen molar-refractivity contribution >= 4 is 114 Å². The fourth-order valence-corrected chi connectivity index (χ4v) is 11.9. The smallest absolute Gasteiger partial charge is 0.0540 e. The summed E-state index contributed by atoms with van der Waals surface area (Å²) in [6.07, 6.45) is 0. The Bertz CT molecular complexity index is 4170. The first kappa shape index (κ1) is 38.1. The van der Waals surface area contributed by atoms with Gasteiger partial charge in [0.1, 0.15) is 0 Å². The highest BCUT2D eigenvalue weighted by molar-refractivity contribution is 6.27. The maximum absolute atomic E-state index is 2.51. The quantitative estimate of drug-likeness (QED) is 0.151. The second-order valence-electron chi connectivity index (χ2n) is 18.8. The maximum atomic E-state index is 2.51. The molecule has 0 bridgehead atoms. The normalized spacial score (nSPS) is 12.1. The van der Waals surface area contributed by atoms with Crippen LogP contribution in [0.15, 0.2) is 249 Å². The molecule has 15 aromatic rings. The Morgan fingerprint density at radius 3 is 1.00 bits per heavy atom. The zero-order valence-corrected chi connectivity index (χ0v) is 37.6. The molecule has 0 amide bonds. The van der Waals surface area contributed by atoms with Gasteiger partial charge in [-0.25, -0.2) is 0 Å². The van der Waals surface area contributed by atoms with Crippen molar-refractivity contribution in [3.05, 3.63) is 249 Å². The maximum Gasteiger partial charge on any atom is 0.0540 e. The predicted molar refractivity (Wildman–Crippen MR) is 297 cm³/mol. The zero-order chi connectivity index (χ0) is 45.2. The first-order chi connectivity index (χ1) is 34.2. The van der Waals surface area contributed by atoms with E-state index in [0.29, 0.717) is 0 Å². The van der Waals surface area contributed by atoms with Crippen molar-refractivity contribution in [2.24, 2.45) is 0 Å². The average molecular weight is 872 g/mol. The molecule has 0 N–H and O–H groups in total. The van der Waals surface area contributed by atoms with E-state index in [-0.39, 0.29) is 0 Å². The molecule has 0 radical (unpaired) electrons. The fraction of sp³-hybridized carbons (Fsp3) is 0. The van der Waals surface area contributed by atoms with Crippen molar-refractivity contribution in [3.63, 3.8) is 0 Å². The lowest BCUT2D eigenvalue weighted by Gasteiger charge is -2.29. The van der Waals surface area contributed by atoms with Crippen LogP contribution in [0.3, 0.4) is 0 Å². The largest absolute Gasteiger partial charge is 0.310 e. The van der Waals surface area contributed by atoms with Gasteiger partial charge in [-0.05, 0) is 180 Å². The summed E-state index contributed by atoms with van der Waals surface area (Å²) in [4.78, 5) is 2.51. The summed E-state index contributed by atoms with van der Waals surface area (Å²) < 4.78 is 0. The molecule has 0 atom stereocenters. The van der Waals surface area contributed by atoms with Gasteiger partial charge < -0.3 is 4.90 Å². The molecule has 0 saturated heterocycles. The molecule has 1 heteroatoms. The van der Waals surface area contributed by atoms with Crippen LogP contribution in [0, 0.1) is 0 Å². The van der Waals surface area contributed by atoms with Crippen LogP contribution in [0.1, 0.15) is 0 Å². The molecule has 1 nitrogen and oxygen atoms in total. The molecule has 69 heavy (non-hydrogen) atoms. The Morgan fingerprint density at radius 2 is 0.551 bits per heavy atom. The van der Waals surface area contributed by atoms with E-state index >= 15 is 0 Å². The van der Waals surface area contributed by atoms with E-state index < -0.39 is 0 Å². The molecule has 0 fully saturated rings. The van der Waals surface area contributed by atoms with Crippen LogP contribution in [-0.2, 0) is 0 Å². The van der Waals surface area contributed by atoms with Crippen molar-refractivity contribution in [1.29, 1.82) is 0 Å². The summed E-state index contributed by atoms with van der Waals surface area (Å²) >= 11 is 0. The third-order valence-electron chi connectivity index (χ3n) is 15.0. The molecule has 15 aromatic carbocycles. The molecule has 0 aliphatic carbocycles. The molecular weight excluding hydrogens is 831 g/mol. The Balaban J connectivity index is 0.938. The van der Waals surface area contributed by atoms with E-state index in [2.05, 4.69) is 254 Å². The minimum Gasteiger partial charge on any atom is -0.310 e. The minimum absolute atomic E-state index is 1.13. The highest BCUT2D eigenvalue weighted by atomic mass is 15.1. The van der Waals surface area contributed by atoms with Gasteiger partial charge >= 0.3 is 0 Å². The summed E-state index contributed by atoms with van der Waals surface area (Å²) in [6.45, 7) is 0. The third kappa shape index (κ3) is 5.84. The molecule has 0 heterocycles. The highest BCUT2D eigenvalue weighted by Crippen LogP contribution is 2.48. The number of nitrogens with zero attached hydrogens (tertiary/aromatic N) is 1. The van der Waals surface area contributed by atoms with Crippen LogP contribution < -0.4 is 4.90 Å². The summed E-state index contributed by atoms with van der Waals surface area (Å²) in [6, 6.07) is 92.9. The number of hydrogen-bond acceptors (Lipinski definition) is 1. The lowest BCUT2D eigenvalue weighted by molar-refractivity contribution is 1.32. The molecule has 0 spiro atoms. The molecule has 0 unspecified atom stereocenters. The van der Waals surface area contributed by atoms with Crippen LogP contribution in [0.25, 0.3) is 130 Å². The summed E-state index contributed by atoms with van der Waals surface area (Å²) in [5.74, 6) is 0. The Labute approximate surface area is 399 Å². The summed E-state index contributed by atoms with van der Waals surface area (Å²) in [5, 5.41) is 22.7. The SMILES string of the molecule is c1ccc(-c2ccc(N(c3cc4ccc5cc(-c6cccc7ccccc67)cc6ccc(c3)c4c56)c3cc4ccc5cc(-c6cccc7ccccc67)cc6ccc(c3)c4c56)c3ccccc23)cc1. The molecular formula is C68H41N. The van der Waals surface area contributed by atoms with E-state index in [0.717, 1.165) is 17.1 Å².